The van der Waals surface area contributed by atoms with E-state index in [2.05, 4.69) is 4.85 Å². The molecule has 8 heteroatoms. The van der Waals surface area contributed by atoms with Gasteiger partial charge in [0.25, 0.3) is 0 Å². The standard InChI is InChI=1S/C9H2I3NO4/c1-13-7-5(11)2(8(14)15)4(10)3(6(7)12)9(16)17/h(H,14,15)(H,16,17). The first-order valence-electron chi connectivity index (χ1n) is 3.87. The first-order chi connectivity index (χ1) is 7.82. The highest BCUT2D eigenvalue weighted by Gasteiger charge is 2.27. The summed E-state index contributed by atoms with van der Waals surface area (Å²) in [5.41, 5.74) is -0.188. The van der Waals surface area contributed by atoms with Crippen molar-refractivity contribution in [2.45, 2.75) is 0 Å². The van der Waals surface area contributed by atoms with Crippen LogP contribution in [0.15, 0.2) is 0 Å². The van der Waals surface area contributed by atoms with E-state index in [1.54, 1.807) is 67.8 Å². The maximum absolute atomic E-state index is 11.1. The van der Waals surface area contributed by atoms with Gasteiger partial charge in [-0.2, -0.15) is 0 Å². The predicted molar refractivity (Wildman–Crippen MR) is 84.8 cm³/mol. The Hall–Kier alpha value is -0.160. The molecular formula is C9H2I3NO4. The highest BCUT2D eigenvalue weighted by Crippen LogP contribution is 2.37. The topological polar surface area (TPSA) is 79.0 Å². The van der Waals surface area contributed by atoms with Crippen LogP contribution in [-0.2, 0) is 0 Å². The Kier molecular flexibility index (Phi) is 4.95. The fourth-order valence-electron chi connectivity index (χ4n) is 1.12. The Morgan fingerprint density at radius 2 is 1.29 bits per heavy atom. The van der Waals surface area contributed by atoms with E-state index >= 15 is 0 Å². The predicted octanol–water partition coefficient (Wildman–Crippen LogP) is 3.45. The molecular weight excluding hydrogens is 567 g/mol. The number of halogens is 3. The van der Waals surface area contributed by atoms with Gasteiger partial charge < -0.3 is 10.2 Å². The molecule has 0 aliphatic carbocycles. The lowest BCUT2D eigenvalue weighted by atomic mass is 10.1. The molecule has 17 heavy (non-hydrogen) atoms. The van der Waals surface area contributed by atoms with Gasteiger partial charge in [0.1, 0.15) is 0 Å². The minimum atomic E-state index is -1.23. The minimum Gasteiger partial charge on any atom is -0.478 e. The van der Waals surface area contributed by atoms with E-state index in [1.807, 2.05) is 0 Å². The summed E-state index contributed by atoms with van der Waals surface area (Å²) in [7, 11) is 0. The smallest absolute Gasteiger partial charge is 0.336 e. The molecule has 0 unspecified atom stereocenters. The summed E-state index contributed by atoms with van der Waals surface area (Å²) in [5.74, 6) is -2.47. The van der Waals surface area contributed by atoms with Crippen LogP contribution in [0.5, 0.6) is 0 Å². The summed E-state index contributed by atoms with van der Waals surface area (Å²) < 4.78 is 0.677. The van der Waals surface area contributed by atoms with Gasteiger partial charge in [0, 0.05) is 10.7 Å². The third-order valence-electron chi connectivity index (χ3n) is 1.83. The molecule has 0 atom stereocenters. The number of aromatic carboxylic acids is 2. The summed E-state index contributed by atoms with van der Waals surface area (Å²) in [4.78, 5) is 25.4. The van der Waals surface area contributed by atoms with Gasteiger partial charge in [-0.25, -0.2) is 14.4 Å². The molecule has 0 spiro atoms. The fraction of sp³-hybridized carbons (Fsp3) is 0. The van der Waals surface area contributed by atoms with Crippen molar-refractivity contribution in [2.24, 2.45) is 0 Å². The first kappa shape index (κ1) is 14.9. The second-order valence-electron chi connectivity index (χ2n) is 2.76. The van der Waals surface area contributed by atoms with Gasteiger partial charge >= 0.3 is 11.9 Å². The summed E-state index contributed by atoms with van der Waals surface area (Å²) >= 11 is 5.18. The van der Waals surface area contributed by atoms with Crippen LogP contribution in [0.25, 0.3) is 4.85 Å². The van der Waals surface area contributed by atoms with Crippen molar-refractivity contribution < 1.29 is 19.8 Å². The largest absolute Gasteiger partial charge is 0.478 e. The highest BCUT2D eigenvalue weighted by molar-refractivity contribution is 14.1. The number of hydrogen-bond donors (Lipinski definition) is 2. The molecule has 0 bridgehead atoms. The van der Waals surface area contributed by atoms with Crippen LogP contribution in [0.1, 0.15) is 20.7 Å². The second kappa shape index (κ2) is 5.65. The number of carboxylic acids is 2. The van der Waals surface area contributed by atoms with Gasteiger partial charge in [-0.05, 0) is 22.6 Å². The maximum atomic E-state index is 11.1. The Labute approximate surface area is 137 Å². The molecule has 1 rings (SSSR count). The summed E-state index contributed by atoms with van der Waals surface area (Å²) in [6.07, 6.45) is 0. The zero-order chi connectivity index (χ0) is 13.3. The molecule has 0 aliphatic rings. The van der Waals surface area contributed by atoms with Crippen LogP contribution in [-0.4, -0.2) is 22.2 Å². The molecule has 0 saturated heterocycles. The molecule has 5 nitrogen and oxygen atoms in total. The van der Waals surface area contributed by atoms with E-state index in [0.29, 0.717) is 0 Å². The van der Waals surface area contributed by atoms with Crippen LogP contribution in [0.4, 0.5) is 5.69 Å². The Bertz CT molecular complexity index is 536. The Morgan fingerprint density at radius 3 is 1.53 bits per heavy atom. The lowest BCUT2D eigenvalue weighted by Crippen LogP contribution is -2.12. The van der Waals surface area contributed by atoms with Crippen molar-refractivity contribution >= 4 is 85.4 Å². The molecule has 1 aromatic carbocycles. The van der Waals surface area contributed by atoms with E-state index in [9.17, 15) is 9.59 Å². The second-order valence-corrected chi connectivity index (χ2v) is 6.00. The number of benzene rings is 1. The van der Waals surface area contributed by atoms with Gasteiger partial charge in [0.05, 0.1) is 17.7 Å². The molecule has 0 amide bonds. The van der Waals surface area contributed by atoms with Crippen molar-refractivity contribution in [3.8, 4) is 0 Å². The fourth-order valence-corrected chi connectivity index (χ4v) is 5.45. The van der Waals surface area contributed by atoms with E-state index in [-0.39, 0.29) is 27.5 Å². The van der Waals surface area contributed by atoms with Gasteiger partial charge in [-0.1, -0.05) is 45.2 Å². The first-order valence-corrected chi connectivity index (χ1v) is 7.11. The van der Waals surface area contributed by atoms with Crippen LogP contribution < -0.4 is 0 Å². The van der Waals surface area contributed by atoms with Crippen LogP contribution >= 0.6 is 67.8 Å². The average Bonchev–Trinajstić information content (AvgIpc) is 2.16. The molecule has 0 aromatic heterocycles. The average molecular weight is 569 g/mol. The Balaban J connectivity index is 3.91. The number of hydrogen-bond acceptors (Lipinski definition) is 2. The zero-order valence-corrected chi connectivity index (χ0v) is 14.3. The molecule has 0 radical (unpaired) electrons. The van der Waals surface area contributed by atoms with Gasteiger partial charge in [0.2, 0.25) is 5.69 Å². The quantitative estimate of drug-likeness (QED) is 0.423. The lowest BCUT2D eigenvalue weighted by Gasteiger charge is -2.11. The van der Waals surface area contributed by atoms with Gasteiger partial charge in [-0.3, -0.25) is 0 Å². The SMILES string of the molecule is [C-]#[N+]c1c(I)c(C(=O)O)c(I)c(C(=O)O)c1I. The third kappa shape index (κ3) is 2.65. The molecule has 1 aromatic rings. The number of carbonyl (C=O) groups is 2. The highest BCUT2D eigenvalue weighted by atomic mass is 127. The molecule has 0 aliphatic heterocycles. The van der Waals surface area contributed by atoms with Crippen molar-refractivity contribution in [3.05, 3.63) is 33.3 Å². The zero-order valence-electron chi connectivity index (χ0n) is 7.79. The summed E-state index contributed by atoms with van der Waals surface area (Å²) in [5, 5.41) is 18.1. The van der Waals surface area contributed by atoms with E-state index < -0.39 is 11.9 Å². The van der Waals surface area contributed by atoms with Crippen LogP contribution in [0.3, 0.4) is 0 Å². The maximum Gasteiger partial charge on any atom is 0.336 e. The van der Waals surface area contributed by atoms with Gasteiger partial charge in [0.15, 0.2) is 0 Å². The molecule has 2 N–H and O–H groups in total. The van der Waals surface area contributed by atoms with Crippen molar-refractivity contribution in [3.63, 3.8) is 0 Å². The van der Waals surface area contributed by atoms with Crippen LogP contribution in [0, 0.1) is 17.3 Å². The third-order valence-corrected chi connectivity index (χ3v) is 5.01. The molecule has 0 heterocycles. The normalized spacial score (nSPS) is 9.76. The molecule has 0 fully saturated rings. The Morgan fingerprint density at radius 1 is 0.941 bits per heavy atom. The monoisotopic (exact) mass is 569 g/mol. The van der Waals surface area contributed by atoms with Crippen molar-refractivity contribution in [1.82, 2.24) is 0 Å². The van der Waals surface area contributed by atoms with Crippen LogP contribution in [0.2, 0.25) is 0 Å². The van der Waals surface area contributed by atoms with Crippen molar-refractivity contribution in [2.75, 3.05) is 0 Å². The number of rotatable bonds is 2. The molecule has 0 saturated carbocycles. The lowest BCUT2D eigenvalue weighted by molar-refractivity contribution is 0.0694. The summed E-state index contributed by atoms with van der Waals surface area (Å²) in [6.45, 7) is 7.00. The minimum absolute atomic E-state index is 0.0708. The number of nitrogens with zero attached hydrogens (tertiary/aromatic N) is 1. The van der Waals surface area contributed by atoms with Crippen molar-refractivity contribution in [1.29, 1.82) is 0 Å². The molecule has 88 valence electrons. The van der Waals surface area contributed by atoms with Gasteiger partial charge in [-0.15, -0.1) is 0 Å². The summed E-state index contributed by atoms with van der Waals surface area (Å²) in [6, 6.07) is 0. The van der Waals surface area contributed by atoms with E-state index in [4.69, 9.17) is 16.8 Å². The number of carboxylic acid groups (broad SMARTS) is 2. The van der Waals surface area contributed by atoms with E-state index in [1.165, 1.54) is 0 Å². The van der Waals surface area contributed by atoms with E-state index in [0.717, 1.165) is 0 Å².